The lowest BCUT2D eigenvalue weighted by Crippen LogP contribution is -2.47. The first-order valence-corrected chi connectivity index (χ1v) is 9.21. The Kier molecular flexibility index (Phi) is 3.65. The lowest BCUT2D eigenvalue weighted by Gasteiger charge is -2.43. The van der Waals surface area contributed by atoms with Gasteiger partial charge in [-0.15, -0.1) is 0 Å². The Morgan fingerprint density at radius 1 is 1.26 bits per heavy atom. The normalized spacial score (nSPS) is 18.6. The predicted molar refractivity (Wildman–Crippen MR) is 100 cm³/mol. The minimum absolute atomic E-state index is 0.292. The molecule has 2 aliphatic rings. The zero-order valence-electron chi connectivity index (χ0n) is 14.8. The molecule has 1 fully saturated rings. The SMILES string of the molecule is O=C(O)c1cc(N2CCC3(CC2)OCCc2cn[nH]c23)nc2ccccc12. The van der Waals surface area contributed by atoms with Crippen molar-refractivity contribution in [3.8, 4) is 0 Å². The van der Waals surface area contributed by atoms with E-state index < -0.39 is 5.97 Å². The van der Waals surface area contributed by atoms with Gasteiger partial charge in [0.25, 0.3) is 0 Å². The van der Waals surface area contributed by atoms with Gasteiger partial charge >= 0.3 is 5.97 Å². The van der Waals surface area contributed by atoms with Crippen LogP contribution < -0.4 is 4.90 Å². The quantitative estimate of drug-likeness (QED) is 0.726. The number of carboxylic acid groups (broad SMARTS) is 1. The zero-order valence-corrected chi connectivity index (χ0v) is 14.8. The predicted octanol–water partition coefficient (Wildman–Crippen LogP) is 2.72. The third-order valence-electron chi connectivity index (χ3n) is 5.75. The third-order valence-corrected chi connectivity index (χ3v) is 5.75. The van der Waals surface area contributed by atoms with Gasteiger partial charge in [-0.05, 0) is 37.0 Å². The largest absolute Gasteiger partial charge is 0.478 e. The molecule has 0 aliphatic carbocycles. The number of carboxylic acids is 1. The number of benzene rings is 1. The van der Waals surface area contributed by atoms with E-state index in [1.807, 2.05) is 24.4 Å². The highest BCUT2D eigenvalue weighted by Gasteiger charge is 2.42. The fourth-order valence-corrected chi connectivity index (χ4v) is 4.32. The smallest absolute Gasteiger partial charge is 0.336 e. The molecule has 1 aromatic carbocycles. The van der Waals surface area contributed by atoms with E-state index in [1.54, 1.807) is 12.1 Å². The van der Waals surface area contributed by atoms with Gasteiger partial charge in [-0.1, -0.05) is 18.2 Å². The van der Waals surface area contributed by atoms with Crippen molar-refractivity contribution in [2.24, 2.45) is 0 Å². The number of nitrogens with zero attached hydrogens (tertiary/aromatic N) is 3. The molecule has 138 valence electrons. The number of aromatic nitrogens is 3. The Labute approximate surface area is 156 Å². The Hall–Kier alpha value is -2.93. The van der Waals surface area contributed by atoms with Crippen LogP contribution in [0.2, 0.25) is 0 Å². The standard InChI is InChI=1S/C20H20N4O3/c25-19(26)15-11-17(22-16-4-2-1-3-14(15)16)24-8-6-20(7-9-24)18-13(5-10-27-20)12-21-23-18/h1-4,11-12H,5-10H2,(H,21,23)(H,25,26). The van der Waals surface area contributed by atoms with E-state index in [2.05, 4.69) is 15.1 Å². The van der Waals surface area contributed by atoms with Gasteiger partial charge in [-0.25, -0.2) is 9.78 Å². The van der Waals surface area contributed by atoms with Crippen LogP contribution >= 0.6 is 0 Å². The molecule has 0 unspecified atom stereocenters. The number of nitrogens with one attached hydrogen (secondary N) is 1. The average molecular weight is 364 g/mol. The molecule has 7 nitrogen and oxygen atoms in total. The van der Waals surface area contributed by atoms with Crippen LogP contribution in [0.3, 0.4) is 0 Å². The van der Waals surface area contributed by atoms with E-state index in [0.29, 0.717) is 28.9 Å². The van der Waals surface area contributed by atoms with Gasteiger partial charge in [0.2, 0.25) is 0 Å². The van der Waals surface area contributed by atoms with Crippen molar-refractivity contribution in [1.82, 2.24) is 15.2 Å². The van der Waals surface area contributed by atoms with Crippen LogP contribution in [0.15, 0.2) is 36.5 Å². The number of anilines is 1. The minimum atomic E-state index is -0.930. The van der Waals surface area contributed by atoms with Crippen molar-refractivity contribution in [1.29, 1.82) is 0 Å². The van der Waals surface area contributed by atoms with Crippen molar-refractivity contribution >= 4 is 22.7 Å². The molecule has 2 aromatic heterocycles. The van der Waals surface area contributed by atoms with Gasteiger partial charge in [-0.2, -0.15) is 5.10 Å². The summed E-state index contributed by atoms with van der Waals surface area (Å²) in [5.74, 6) is -0.220. The highest BCUT2D eigenvalue weighted by atomic mass is 16.5. The van der Waals surface area contributed by atoms with E-state index in [0.717, 1.165) is 38.0 Å². The zero-order chi connectivity index (χ0) is 18.4. The molecule has 2 aliphatic heterocycles. The molecule has 2 N–H and O–H groups in total. The number of aromatic carboxylic acids is 1. The molecule has 1 spiro atoms. The molecule has 5 rings (SSSR count). The van der Waals surface area contributed by atoms with Crippen LogP contribution in [0.1, 0.15) is 34.5 Å². The van der Waals surface area contributed by atoms with E-state index >= 15 is 0 Å². The number of fused-ring (bicyclic) bond motifs is 3. The van der Waals surface area contributed by atoms with Crippen molar-refractivity contribution in [2.45, 2.75) is 24.9 Å². The molecule has 0 amide bonds. The Bertz CT molecular complexity index is 1020. The summed E-state index contributed by atoms with van der Waals surface area (Å²) in [6, 6.07) is 9.06. The molecule has 4 heterocycles. The first-order valence-electron chi connectivity index (χ1n) is 9.21. The molecule has 1 saturated heterocycles. The summed E-state index contributed by atoms with van der Waals surface area (Å²) in [5, 5.41) is 17.6. The first-order chi connectivity index (χ1) is 13.2. The maximum Gasteiger partial charge on any atom is 0.336 e. The summed E-state index contributed by atoms with van der Waals surface area (Å²) in [6.45, 7) is 2.22. The maximum atomic E-state index is 11.7. The summed E-state index contributed by atoms with van der Waals surface area (Å²) >= 11 is 0. The van der Waals surface area contributed by atoms with Crippen molar-refractivity contribution in [3.63, 3.8) is 0 Å². The van der Waals surface area contributed by atoms with E-state index in [4.69, 9.17) is 9.72 Å². The Balaban J connectivity index is 1.46. The van der Waals surface area contributed by atoms with Gasteiger partial charge in [0.15, 0.2) is 0 Å². The number of hydrogen-bond acceptors (Lipinski definition) is 5. The number of hydrogen-bond donors (Lipinski definition) is 2. The lowest BCUT2D eigenvalue weighted by atomic mass is 9.84. The van der Waals surface area contributed by atoms with Gasteiger partial charge in [0.05, 0.1) is 29.6 Å². The molecule has 0 atom stereocenters. The number of carbonyl (C=O) groups is 1. The molecule has 27 heavy (non-hydrogen) atoms. The number of para-hydroxylation sites is 1. The van der Waals surface area contributed by atoms with E-state index in [-0.39, 0.29) is 5.60 Å². The number of ether oxygens (including phenoxy) is 1. The van der Waals surface area contributed by atoms with Crippen molar-refractivity contribution in [2.75, 3.05) is 24.6 Å². The molecule has 0 radical (unpaired) electrons. The number of rotatable bonds is 2. The minimum Gasteiger partial charge on any atom is -0.478 e. The second kappa shape index (κ2) is 6.06. The average Bonchev–Trinajstić information content (AvgIpc) is 3.18. The highest BCUT2D eigenvalue weighted by molar-refractivity contribution is 6.03. The molecular formula is C20H20N4O3. The van der Waals surface area contributed by atoms with Gasteiger partial charge < -0.3 is 14.7 Å². The monoisotopic (exact) mass is 364 g/mol. The molecule has 3 aromatic rings. The summed E-state index contributed by atoms with van der Waals surface area (Å²) in [4.78, 5) is 18.6. The molecule has 0 bridgehead atoms. The Morgan fingerprint density at radius 2 is 2.07 bits per heavy atom. The summed E-state index contributed by atoms with van der Waals surface area (Å²) in [7, 11) is 0. The van der Waals surface area contributed by atoms with Crippen LogP contribution in [-0.2, 0) is 16.8 Å². The summed E-state index contributed by atoms with van der Waals surface area (Å²) < 4.78 is 6.20. The van der Waals surface area contributed by atoms with Crippen LogP contribution in [0.4, 0.5) is 5.82 Å². The second-order valence-electron chi connectivity index (χ2n) is 7.20. The summed E-state index contributed by atoms with van der Waals surface area (Å²) in [6.07, 6.45) is 4.43. The number of pyridine rings is 1. The van der Waals surface area contributed by atoms with Gasteiger partial charge in [-0.3, -0.25) is 5.10 Å². The number of H-pyrrole nitrogens is 1. The third kappa shape index (κ3) is 2.57. The van der Waals surface area contributed by atoms with Gasteiger partial charge in [0.1, 0.15) is 11.4 Å². The second-order valence-corrected chi connectivity index (χ2v) is 7.20. The van der Waals surface area contributed by atoms with Crippen LogP contribution in [-0.4, -0.2) is 46.0 Å². The van der Waals surface area contributed by atoms with Crippen molar-refractivity contribution < 1.29 is 14.6 Å². The van der Waals surface area contributed by atoms with E-state index in [1.165, 1.54) is 5.56 Å². The van der Waals surface area contributed by atoms with Crippen LogP contribution in [0, 0.1) is 0 Å². The number of aromatic amines is 1. The summed E-state index contributed by atoms with van der Waals surface area (Å²) in [5.41, 5.74) is 3.03. The van der Waals surface area contributed by atoms with Crippen molar-refractivity contribution in [3.05, 3.63) is 53.3 Å². The van der Waals surface area contributed by atoms with Crippen LogP contribution in [0.25, 0.3) is 10.9 Å². The maximum absolute atomic E-state index is 11.7. The first kappa shape index (κ1) is 16.3. The Morgan fingerprint density at radius 3 is 2.89 bits per heavy atom. The molecule has 7 heteroatoms. The fourth-order valence-electron chi connectivity index (χ4n) is 4.32. The highest BCUT2D eigenvalue weighted by Crippen LogP contribution is 2.41. The molecule has 0 saturated carbocycles. The van der Waals surface area contributed by atoms with Crippen LogP contribution in [0.5, 0.6) is 0 Å². The number of piperidine rings is 1. The lowest BCUT2D eigenvalue weighted by molar-refractivity contribution is -0.0796. The fraction of sp³-hybridized carbons (Fsp3) is 0.350. The van der Waals surface area contributed by atoms with E-state index in [9.17, 15) is 9.90 Å². The topological polar surface area (TPSA) is 91.3 Å². The molecular weight excluding hydrogens is 344 g/mol. The van der Waals surface area contributed by atoms with Gasteiger partial charge in [0, 0.05) is 18.5 Å².